The van der Waals surface area contributed by atoms with Gasteiger partial charge in [0.05, 0.1) is 12.8 Å². The maximum absolute atomic E-state index is 10.8. The predicted octanol–water partition coefficient (Wildman–Crippen LogP) is -0.159. The molecule has 1 aromatic heterocycles. The lowest BCUT2D eigenvalue weighted by Crippen LogP contribution is -2.13. The van der Waals surface area contributed by atoms with Crippen molar-refractivity contribution in [1.82, 2.24) is 15.0 Å². The van der Waals surface area contributed by atoms with Crippen LogP contribution in [0.5, 0.6) is 0 Å². The van der Waals surface area contributed by atoms with Gasteiger partial charge in [-0.25, -0.2) is 4.68 Å². The lowest BCUT2D eigenvalue weighted by atomic mass is 10.6. The van der Waals surface area contributed by atoms with Gasteiger partial charge in [0.1, 0.15) is 6.54 Å². The highest BCUT2D eigenvalue weighted by Crippen LogP contribution is 1.84. The average Bonchev–Trinajstić information content (AvgIpc) is 2.40. The molecule has 0 aliphatic rings. The zero-order valence-corrected chi connectivity index (χ0v) is 6.23. The zero-order chi connectivity index (χ0) is 8.10. The molecule has 0 aliphatic carbocycles. The number of carbonyl (C=O) groups excluding carboxylic acids is 1. The third kappa shape index (κ3) is 2.37. The number of aromatic nitrogens is 3. The number of hydrogen-bond acceptors (Lipinski definition) is 4. The van der Waals surface area contributed by atoms with Gasteiger partial charge in [0.2, 0.25) is 0 Å². The summed E-state index contributed by atoms with van der Waals surface area (Å²) in [4.78, 5) is 10.8. The van der Waals surface area contributed by atoms with Crippen LogP contribution < -0.4 is 0 Å². The number of ether oxygens (including phenoxy) is 1. The van der Waals surface area contributed by atoms with Gasteiger partial charge in [-0.3, -0.25) is 4.79 Å². The Morgan fingerprint density at radius 1 is 1.73 bits per heavy atom. The summed E-state index contributed by atoms with van der Waals surface area (Å²) in [7, 11) is 0. The van der Waals surface area contributed by atoms with Crippen LogP contribution in [0.3, 0.4) is 0 Å². The quantitative estimate of drug-likeness (QED) is 0.569. The third-order valence-electron chi connectivity index (χ3n) is 1.07. The summed E-state index contributed by atoms with van der Waals surface area (Å²) < 4.78 is 6.10. The number of rotatable bonds is 3. The van der Waals surface area contributed by atoms with Crippen molar-refractivity contribution in [3.8, 4) is 0 Å². The minimum Gasteiger partial charge on any atom is -0.465 e. The molecule has 1 heterocycles. The number of esters is 1. The van der Waals surface area contributed by atoms with Crippen LogP contribution in [0, 0.1) is 0 Å². The van der Waals surface area contributed by atoms with Gasteiger partial charge in [0, 0.05) is 6.20 Å². The molecule has 1 rings (SSSR count). The van der Waals surface area contributed by atoms with Gasteiger partial charge in [-0.05, 0) is 6.92 Å². The first-order valence-corrected chi connectivity index (χ1v) is 3.32. The Labute approximate surface area is 64.0 Å². The fourth-order valence-electron chi connectivity index (χ4n) is 0.656. The van der Waals surface area contributed by atoms with Crippen molar-refractivity contribution in [1.29, 1.82) is 0 Å². The zero-order valence-electron chi connectivity index (χ0n) is 6.23. The van der Waals surface area contributed by atoms with E-state index < -0.39 is 0 Å². The summed E-state index contributed by atoms with van der Waals surface area (Å²) in [6, 6.07) is 0. The molecule has 0 N–H and O–H groups in total. The van der Waals surface area contributed by atoms with Gasteiger partial charge in [-0.1, -0.05) is 5.21 Å². The van der Waals surface area contributed by atoms with Crippen molar-refractivity contribution < 1.29 is 9.53 Å². The maximum Gasteiger partial charge on any atom is 0.327 e. The molecule has 0 fully saturated rings. The summed E-state index contributed by atoms with van der Waals surface area (Å²) in [5.74, 6) is -0.294. The Kier molecular flexibility index (Phi) is 2.59. The summed E-state index contributed by atoms with van der Waals surface area (Å²) in [6.07, 6.45) is 3.12. The second kappa shape index (κ2) is 3.70. The van der Waals surface area contributed by atoms with E-state index in [2.05, 4.69) is 15.0 Å². The third-order valence-corrected chi connectivity index (χ3v) is 1.07. The molecule has 0 saturated heterocycles. The molecule has 5 heteroatoms. The molecule has 5 nitrogen and oxygen atoms in total. The molecule has 1 aromatic rings. The fourth-order valence-corrected chi connectivity index (χ4v) is 0.656. The Bertz CT molecular complexity index is 220. The van der Waals surface area contributed by atoms with Crippen molar-refractivity contribution in [2.24, 2.45) is 0 Å². The second-order valence-electron chi connectivity index (χ2n) is 1.91. The molecule has 0 saturated carbocycles. The van der Waals surface area contributed by atoms with Crippen molar-refractivity contribution in [3.05, 3.63) is 12.4 Å². The summed E-state index contributed by atoms with van der Waals surface area (Å²) >= 11 is 0. The smallest absolute Gasteiger partial charge is 0.327 e. The molecule has 11 heavy (non-hydrogen) atoms. The Morgan fingerprint density at radius 3 is 3.09 bits per heavy atom. The first-order valence-electron chi connectivity index (χ1n) is 3.32. The van der Waals surface area contributed by atoms with Gasteiger partial charge >= 0.3 is 5.97 Å². The summed E-state index contributed by atoms with van der Waals surface area (Å²) in [5, 5.41) is 7.14. The van der Waals surface area contributed by atoms with Gasteiger partial charge in [-0.2, -0.15) is 0 Å². The van der Waals surface area contributed by atoms with Crippen molar-refractivity contribution >= 4 is 5.97 Å². The fraction of sp³-hybridized carbons (Fsp3) is 0.500. The Morgan fingerprint density at radius 2 is 2.55 bits per heavy atom. The molecule has 0 aromatic carbocycles. The molecule has 0 amide bonds. The second-order valence-corrected chi connectivity index (χ2v) is 1.91. The van der Waals surface area contributed by atoms with E-state index in [-0.39, 0.29) is 12.5 Å². The monoisotopic (exact) mass is 155 g/mol. The van der Waals surface area contributed by atoms with Crippen LogP contribution in [0.15, 0.2) is 12.4 Å². The Hall–Kier alpha value is -1.39. The molecule has 0 bridgehead atoms. The van der Waals surface area contributed by atoms with E-state index in [1.807, 2.05) is 0 Å². The molecule has 0 unspecified atom stereocenters. The van der Waals surface area contributed by atoms with E-state index in [1.54, 1.807) is 13.1 Å². The molecule has 0 spiro atoms. The maximum atomic E-state index is 10.8. The highest BCUT2D eigenvalue weighted by Gasteiger charge is 2.01. The van der Waals surface area contributed by atoms with Gasteiger partial charge in [0.25, 0.3) is 0 Å². The normalized spacial score (nSPS) is 9.55. The van der Waals surface area contributed by atoms with Crippen LogP contribution in [0.2, 0.25) is 0 Å². The van der Waals surface area contributed by atoms with E-state index in [4.69, 9.17) is 0 Å². The van der Waals surface area contributed by atoms with Crippen LogP contribution in [0.4, 0.5) is 0 Å². The Balaban J connectivity index is 2.37. The molecular weight excluding hydrogens is 146 g/mol. The SMILES string of the molecule is CCOC(=O)Cn1ccnn1. The van der Waals surface area contributed by atoms with Crippen molar-refractivity contribution in [3.63, 3.8) is 0 Å². The lowest BCUT2D eigenvalue weighted by Gasteiger charge is -1.99. The summed E-state index contributed by atoms with van der Waals surface area (Å²) in [6.45, 7) is 2.29. The van der Waals surface area contributed by atoms with E-state index in [9.17, 15) is 4.79 Å². The topological polar surface area (TPSA) is 57.0 Å². The standard InChI is InChI=1S/C6H9N3O2/c1-2-11-6(10)5-9-4-3-7-8-9/h3-4H,2,5H2,1H3. The van der Waals surface area contributed by atoms with Gasteiger partial charge in [0.15, 0.2) is 0 Å². The number of carbonyl (C=O) groups is 1. The number of hydrogen-bond donors (Lipinski definition) is 0. The first-order chi connectivity index (χ1) is 5.33. The average molecular weight is 155 g/mol. The minimum atomic E-state index is -0.294. The van der Waals surface area contributed by atoms with Crippen LogP contribution >= 0.6 is 0 Å². The lowest BCUT2D eigenvalue weighted by molar-refractivity contribution is -0.144. The minimum absolute atomic E-state index is 0.133. The highest BCUT2D eigenvalue weighted by atomic mass is 16.5. The van der Waals surface area contributed by atoms with Crippen molar-refractivity contribution in [2.45, 2.75) is 13.5 Å². The van der Waals surface area contributed by atoms with E-state index >= 15 is 0 Å². The van der Waals surface area contributed by atoms with Crippen LogP contribution in [-0.2, 0) is 16.1 Å². The van der Waals surface area contributed by atoms with Crippen LogP contribution in [0.25, 0.3) is 0 Å². The molecule has 0 radical (unpaired) electrons. The van der Waals surface area contributed by atoms with Crippen molar-refractivity contribution in [2.75, 3.05) is 6.61 Å². The molecule has 0 atom stereocenters. The predicted molar refractivity (Wildman–Crippen MR) is 36.7 cm³/mol. The van der Waals surface area contributed by atoms with E-state index in [0.717, 1.165) is 0 Å². The van der Waals surface area contributed by atoms with E-state index in [1.165, 1.54) is 10.9 Å². The highest BCUT2D eigenvalue weighted by molar-refractivity contribution is 5.68. The largest absolute Gasteiger partial charge is 0.465 e. The van der Waals surface area contributed by atoms with E-state index in [0.29, 0.717) is 6.61 Å². The van der Waals surface area contributed by atoms with Crippen LogP contribution in [0.1, 0.15) is 6.92 Å². The molecule has 0 aliphatic heterocycles. The van der Waals surface area contributed by atoms with Gasteiger partial charge in [-0.15, -0.1) is 5.10 Å². The number of nitrogens with zero attached hydrogens (tertiary/aromatic N) is 3. The van der Waals surface area contributed by atoms with Gasteiger partial charge < -0.3 is 4.74 Å². The molecular formula is C6H9N3O2. The first kappa shape index (κ1) is 7.71. The summed E-state index contributed by atoms with van der Waals surface area (Å²) in [5.41, 5.74) is 0. The molecule has 60 valence electrons. The van der Waals surface area contributed by atoms with Crippen LogP contribution in [-0.4, -0.2) is 27.6 Å².